The Kier molecular flexibility index (Phi) is 3.21. The molecule has 1 aromatic heterocycles. The van der Waals surface area contributed by atoms with Gasteiger partial charge in [0.05, 0.1) is 21.7 Å². The summed E-state index contributed by atoms with van der Waals surface area (Å²) in [5, 5.41) is 16.8. The zero-order chi connectivity index (χ0) is 14.0. The minimum atomic E-state index is -3.78. The van der Waals surface area contributed by atoms with Gasteiger partial charge in [0.1, 0.15) is 0 Å². The van der Waals surface area contributed by atoms with Gasteiger partial charge in [0, 0.05) is 17.8 Å². The Labute approximate surface area is 108 Å². The molecule has 100 valence electrons. The van der Waals surface area contributed by atoms with Gasteiger partial charge >= 0.3 is 0 Å². The van der Waals surface area contributed by atoms with Gasteiger partial charge in [-0.25, -0.2) is 8.42 Å². The molecule has 9 heteroatoms. The monoisotopic (exact) mass is 282 g/mol. The number of rotatable bonds is 4. The van der Waals surface area contributed by atoms with E-state index in [0.717, 1.165) is 0 Å². The minimum absolute atomic E-state index is 0.0446. The molecule has 0 unspecified atom stereocenters. The average Bonchev–Trinajstić information content (AvgIpc) is 2.80. The number of aromatic amines is 1. The van der Waals surface area contributed by atoms with E-state index in [9.17, 15) is 18.5 Å². The van der Waals surface area contributed by atoms with Crippen molar-refractivity contribution in [2.75, 3.05) is 4.72 Å². The van der Waals surface area contributed by atoms with Gasteiger partial charge in [-0.2, -0.15) is 5.10 Å². The van der Waals surface area contributed by atoms with Crippen LogP contribution in [0.3, 0.4) is 0 Å². The topological polar surface area (TPSA) is 118 Å². The first-order valence-corrected chi connectivity index (χ1v) is 6.65. The highest BCUT2D eigenvalue weighted by Crippen LogP contribution is 2.22. The van der Waals surface area contributed by atoms with Crippen LogP contribution in [-0.2, 0) is 10.0 Å². The number of benzene rings is 1. The Balaban J connectivity index is 2.36. The molecule has 0 aliphatic rings. The molecule has 0 aliphatic heterocycles. The second-order valence-electron chi connectivity index (χ2n) is 3.80. The van der Waals surface area contributed by atoms with E-state index < -0.39 is 14.9 Å². The molecular formula is C10H10N4O4S. The summed E-state index contributed by atoms with van der Waals surface area (Å²) in [6.07, 6.45) is 2.70. The highest BCUT2D eigenvalue weighted by molar-refractivity contribution is 7.92. The number of hydrogen-bond donors (Lipinski definition) is 2. The standard InChI is InChI=1S/C10H10N4O4S/c1-7-4-9(2-3-10(7)14(15)16)19(17,18)13-8-5-11-12-6-8/h2-6,13H,1H3,(H,11,12). The summed E-state index contributed by atoms with van der Waals surface area (Å²) in [5.74, 6) is 0. The first kappa shape index (κ1) is 13.0. The molecule has 19 heavy (non-hydrogen) atoms. The van der Waals surface area contributed by atoms with Crippen molar-refractivity contribution in [1.29, 1.82) is 0 Å². The van der Waals surface area contributed by atoms with Crippen LogP contribution in [0.2, 0.25) is 0 Å². The molecule has 0 aliphatic carbocycles. The Hall–Kier alpha value is -2.42. The van der Waals surface area contributed by atoms with Crippen LogP contribution in [0.4, 0.5) is 11.4 Å². The van der Waals surface area contributed by atoms with Crippen LogP contribution in [0.5, 0.6) is 0 Å². The van der Waals surface area contributed by atoms with Gasteiger partial charge in [-0.05, 0) is 19.1 Å². The Morgan fingerprint density at radius 3 is 2.68 bits per heavy atom. The molecule has 1 heterocycles. The normalized spacial score (nSPS) is 11.2. The fraction of sp³-hybridized carbons (Fsp3) is 0.100. The lowest BCUT2D eigenvalue weighted by molar-refractivity contribution is -0.385. The smallest absolute Gasteiger partial charge is 0.272 e. The quantitative estimate of drug-likeness (QED) is 0.649. The number of nitrogens with zero attached hydrogens (tertiary/aromatic N) is 2. The number of nitrogens with one attached hydrogen (secondary N) is 2. The van der Waals surface area contributed by atoms with E-state index in [1.807, 2.05) is 0 Å². The van der Waals surface area contributed by atoms with Gasteiger partial charge in [0.25, 0.3) is 15.7 Å². The van der Waals surface area contributed by atoms with E-state index in [4.69, 9.17) is 0 Å². The van der Waals surface area contributed by atoms with Crippen LogP contribution in [-0.4, -0.2) is 23.5 Å². The third kappa shape index (κ3) is 2.71. The molecule has 0 saturated carbocycles. The number of hydrogen-bond acceptors (Lipinski definition) is 5. The number of sulfonamides is 1. The maximum Gasteiger partial charge on any atom is 0.272 e. The van der Waals surface area contributed by atoms with Crippen LogP contribution in [0.1, 0.15) is 5.56 Å². The van der Waals surface area contributed by atoms with Gasteiger partial charge in [0.15, 0.2) is 0 Å². The predicted molar refractivity (Wildman–Crippen MR) is 67.2 cm³/mol. The lowest BCUT2D eigenvalue weighted by Crippen LogP contribution is -2.12. The van der Waals surface area contributed by atoms with Crippen LogP contribution >= 0.6 is 0 Å². The Morgan fingerprint density at radius 1 is 1.42 bits per heavy atom. The lowest BCUT2D eigenvalue weighted by Gasteiger charge is -2.06. The fourth-order valence-electron chi connectivity index (χ4n) is 1.52. The third-order valence-corrected chi connectivity index (χ3v) is 3.80. The van der Waals surface area contributed by atoms with E-state index in [1.54, 1.807) is 0 Å². The van der Waals surface area contributed by atoms with Crippen molar-refractivity contribution in [2.24, 2.45) is 0 Å². The van der Waals surface area contributed by atoms with Crippen molar-refractivity contribution in [1.82, 2.24) is 10.2 Å². The summed E-state index contributed by atoms with van der Waals surface area (Å²) >= 11 is 0. The third-order valence-electron chi connectivity index (χ3n) is 2.43. The molecule has 0 saturated heterocycles. The van der Waals surface area contributed by atoms with E-state index in [-0.39, 0.29) is 21.8 Å². The average molecular weight is 282 g/mol. The van der Waals surface area contributed by atoms with Gasteiger partial charge in [-0.1, -0.05) is 0 Å². The zero-order valence-electron chi connectivity index (χ0n) is 9.82. The molecule has 0 spiro atoms. The van der Waals surface area contributed by atoms with E-state index in [2.05, 4.69) is 14.9 Å². The molecule has 2 aromatic rings. The van der Waals surface area contributed by atoms with Gasteiger partial charge in [-0.15, -0.1) is 0 Å². The van der Waals surface area contributed by atoms with Crippen LogP contribution in [0, 0.1) is 17.0 Å². The van der Waals surface area contributed by atoms with Crippen LogP contribution in [0.25, 0.3) is 0 Å². The van der Waals surface area contributed by atoms with Crippen LogP contribution in [0.15, 0.2) is 35.5 Å². The molecule has 0 amide bonds. The summed E-state index contributed by atoms with van der Waals surface area (Å²) in [4.78, 5) is 10.1. The van der Waals surface area contributed by atoms with Crippen molar-refractivity contribution >= 4 is 21.4 Å². The second-order valence-corrected chi connectivity index (χ2v) is 5.48. The number of H-pyrrole nitrogens is 1. The SMILES string of the molecule is Cc1cc(S(=O)(=O)Nc2cn[nH]c2)ccc1[N+](=O)[O-]. The summed E-state index contributed by atoms with van der Waals surface area (Å²) in [5.41, 5.74) is 0.443. The number of anilines is 1. The number of aryl methyl sites for hydroxylation is 1. The van der Waals surface area contributed by atoms with Crippen molar-refractivity contribution < 1.29 is 13.3 Å². The molecule has 2 rings (SSSR count). The maximum absolute atomic E-state index is 12.0. The zero-order valence-corrected chi connectivity index (χ0v) is 10.6. The first-order valence-electron chi connectivity index (χ1n) is 5.17. The van der Waals surface area contributed by atoms with Crippen LogP contribution < -0.4 is 4.72 Å². The molecule has 0 fully saturated rings. The van der Waals surface area contributed by atoms with E-state index in [0.29, 0.717) is 0 Å². The second kappa shape index (κ2) is 4.69. The minimum Gasteiger partial charge on any atom is -0.284 e. The molecule has 1 aromatic carbocycles. The predicted octanol–water partition coefficient (Wildman–Crippen LogP) is 1.43. The Morgan fingerprint density at radius 2 is 2.16 bits per heavy atom. The first-order chi connectivity index (χ1) is 8.90. The summed E-state index contributed by atoms with van der Waals surface area (Å²) in [6.45, 7) is 1.48. The van der Waals surface area contributed by atoms with Crippen molar-refractivity contribution in [3.63, 3.8) is 0 Å². The highest BCUT2D eigenvalue weighted by atomic mass is 32.2. The Bertz CT molecular complexity index is 709. The molecular weight excluding hydrogens is 272 g/mol. The van der Waals surface area contributed by atoms with Gasteiger partial charge in [-0.3, -0.25) is 19.9 Å². The number of nitro groups is 1. The van der Waals surface area contributed by atoms with Crippen molar-refractivity contribution in [2.45, 2.75) is 11.8 Å². The van der Waals surface area contributed by atoms with E-state index >= 15 is 0 Å². The highest BCUT2D eigenvalue weighted by Gasteiger charge is 2.18. The molecule has 8 nitrogen and oxygen atoms in total. The van der Waals surface area contributed by atoms with E-state index in [1.165, 1.54) is 37.5 Å². The maximum atomic E-state index is 12.0. The summed E-state index contributed by atoms with van der Waals surface area (Å²) < 4.78 is 26.3. The summed E-state index contributed by atoms with van der Waals surface area (Å²) in [6, 6.07) is 3.60. The van der Waals surface area contributed by atoms with Crippen molar-refractivity contribution in [3.8, 4) is 0 Å². The summed E-state index contributed by atoms with van der Waals surface area (Å²) in [7, 11) is -3.78. The fourth-order valence-corrected chi connectivity index (χ4v) is 2.64. The molecule has 0 bridgehead atoms. The number of nitro benzene ring substituents is 1. The molecule has 2 N–H and O–H groups in total. The number of aromatic nitrogens is 2. The van der Waals surface area contributed by atoms with Gasteiger partial charge < -0.3 is 0 Å². The largest absolute Gasteiger partial charge is 0.284 e. The molecule has 0 radical (unpaired) electrons. The lowest BCUT2D eigenvalue weighted by atomic mass is 10.2. The molecule has 0 atom stereocenters. The van der Waals surface area contributed by atoms with Crippen molar-refractivity contribution in [3.05, 3.63) is 46.3 Å². The van der Waals surface area contributed by atoms with Gasteiger partial charge in [0.2, 0.25) is 0 Å².